The SMILES string of the molecule is Cl[SiH](Cl)C1CCCC2C3NC4NC(NC5NC(NC6NC(NC(N3)C21)C1CCCCC61)C1CCCCC51)C1CCCCC41. The second-order valence-corrected chi connectivity index (χ2v) is 21.2. The molecule has 8 N–H and O–H groups in total. The fourth-order valence-electron chi connectivity index (χ4n) is 12.4. The van der Waals surface area contributed by atoms with Gasteiger partial charge in [-0.05, 0) is 97.8 Å². The van der Waals surface area contributed by atoms with Crippen molar-refractivity contribution in [2.24, 2.45) is 47.3 Å². The van der Waals surface area contributed by atoms with Crippen LogP contribution >= 0.6 is 22.2 Å². The van der Waals surface area contributed by atoms with Crippen LogP contribution in [0.1, 0.15) is 96.3 Å². The summed E-state index contributed by atoms with van der Waals surface area (Å²) in [5.41, 5.74) is 0.468. The molecule has 0 aromatic rings. The Labute approximate surface area is 269 Å². The van der Waals surface area contributed by atoms with Crippen molar-refractivity contribution in [2.75, 3.05) is 0 Å². The van der Waals surface area contributed by atoms with Gasteiger partial charge in [0.05, 0.1) is 49.3 Å². The van der Waals surface area contributed by atoms with E-state index in [1.807, 2.05) is 0 Å². The zero-order valence-electron chi connectivity index (χ0n) is 25.8. The topological polar surface area (TPSA) is 96.2 Å². The fraction of sp³-hybridized carbons (Fsp3) is 1.00. The summed E-state index contributed by atoms with van der Waals surface area (Å²) in [5.74, 6) is 5.27. The van der Waals surface area contributed by atoms with Gasteiger partial charge in [-0.1, -0.05) is 51.4 Å². The van der Waals surface area contributed by atoms with E-state index in [1.54, 1.807) is 0 Å². The van der Waals surface area contributed by atoms with Gasteiger partial charge in [-0.2, -0.15) is 22.2 Å². The molecule has 5 heterocycles. The Bertz CT molecular complexity index is 1010. The predicted octanol–water partition coefficient (Wildman–Crippen LogP) is 3.28. The first-order valence-electron chi connectivity index (χ1n) is 18.5. The first-order chi connectivity index (χ1) is 21.1. The van der Waals surface area contributed by atoms with Crippen molar-refractivity contribution in [3.8, 4) is 0 Å². The number of halogens is 2. The van der Waals surface area contributed by atoms with Crippen molar-refractivity contribution in [1.29, 1.82) is 0 Å². The van der Waals surface area contributed by atoms with Crippen LogP contribution in [0.5, 0.6) is 0 Å². The third kappa shape index (κ3) is 5.22. The highest BCUT2D eigenvalue weighted by Crippen LogP contribution is 2.50. The average molecular weight is 652 g/mol. The summed E-state index contributed by atoms with van der Waals surface area (Å²) < 4.78 is 0. The second-order valence-electron chi connectivity index (χ2n) is 16.2. The van der Waals surface area contributed by atoms with Crippen molar-refractivity contribution < 1.29 is 0 Å². The van der Waals surface area contributed by atoms with E-state index < -0.39 is 7.42 Å². The lowest BCUT2D eigenvalue weighted by atomic mass is 9.76. The number of hydrogen-bond donors (Lipinski definition) is 8. The van der Waals surface area contributed by atoms with Crippen molar-refractivity contribution in [1.82, 2.24) is 42.5 Å². The lowest BCUT2D eigenvalue weighted by Crippen LogP contribution is -2.61. The molecule has 43 heavy (non-hydrogen) atoms. The highest BCUT2D eigenvalue weighted by Gasteiger charge is 2.56. The maximum atomic E-state index is 6.90. The van der Waals surface area contributed by atoms with E-state index >= 15 is 0 Å². The van der Waals surface area contributed by atoms with Gasteiger partial charge in [0, 0.05) is 0 Å². The molecule has 17 unspecified atom stereocenters. The van der Waals surface area contributed by atoms with Crippen LogP contribution in [0.15, 0.2) is 0 Å². The number of hydrogen-bond acceptors (Lipinski definition) is 8. The molecule has 5 aliphatic heterocycles. The fourth-order valence-corrected chi connectivity index (χ4v) is 15.5. The Balaban J connectivity index is 1.07. The van der Waals surface area contributed by atoms with Crippen LogP contribution in [0.2, 0.25) is 5.54 Å². The summed E-state index contributed by atoms with van der Waals surface area (Å²) in [6.07, 6.45) is 22.7. The van der Waals surface area contributed by atoms with Crippen LogP contribution in [0.3, 0.4) is 0 Å². The predicted molar refractivity (Wildman–Crippen MR) is 175 cm³/mol. The average Bonchev–Trinajstić information content (AvgIpc) is 3.76. The van der Waals surface area contributed by atoms with Gasteiger partial charge >= 0.3 is 0 Å². The maximum Gasteiger partial charge on any atom is 0.240 e. The van der Waals surface area contributed by atoms with Crippen LogP contribution in [0, 0.1) is 47.3 Å². The van der Waals surface area contributed by atoms with Gasteiger partial charge < -0.3 is 0 Å². The lowest BCUT2D eigenvalue weighted by molar-refractivity contribution is 0.167. The third-order valence-electron chi connectivity index (χ3n) is 14.3. The van der Waals surface area contributed by atoms with E-state index in [4.69, 9.17) is 22.2 Å². The minimum absolute atomic E-state index is 0.251. The normalized spacial score (nSPS) is 56.3. The van der Waals surface area contributed by atoms with Crippen LogP contribution in [-0.2, 0) is 0 Å². The zero-order valence-corrected chi connectivity index (χ0v) is 28.4. The highest BCUT2D eigenvalue weighted by atomic mass is 35.7. The minimum Gasteiger partial charge on any atom is -0.286 e. The first-order valence-corrected chi connectivity index (χ1v) is 22.6. The lowest BCUT2D eigenvalue weighted by Gasteiger charge is -2.39. The van der Waals surface area contributed by atoms with E-state index in [-0.39, 0.29) is 6.17 Å². The Morgan fingerprint density at radius 3 is 0.930 bits per heavy atom. The number of rotatable bonds is 1. The Morgan fingerprint density at radius 1 is 0.326 bits per heavy atom. The standard InChI is InChI=1S/C32H56Cl2N8Si/c33-43(34)23-15-7-14-22-24(23)32-41-30-21-13-6-5-12-20(21)28(39-30)37-26-17-9-2-1-8-16(17)25(35-26)36-27-18-10-3-4-11-19(18)29(38-27)40-31(22)42-32/h16-32,35-43H,1-15H2. The molecule has 17 atom stereocenters. The molecule has 5 saturated heterocycles. The third-order valence-corrected chi connectivity index (χ3v) is 17.6. The Morgan fingerprint density at radius 2 is 0.605 bits per heavy atom. The highest BCUT2D eigenvalue weighted by molar-refractivity contribution is 7.34. The monoisotopic (exact) mass is 650 g/mol. The molecule has 9 aliphatic rings. The second kappa shape index (κ2) is 12.2. The molecule has 4 saturated carbocycles. The molecule has 9 rings (SSSR count). The van der Waals surface area contributed by atoms with Gasteiger partial charge in [0.1, 0.15) is 0 Å². The zero-order chi connectivity index (χ0) is 28.7. The number of nitrogens with one attached hydrogen (secondary N) is 8. The van der Waals surface area contributed by atoms with Crippen LogP contribution < -0.4 is 42.5 Å². The Kier molecular flexibility index (Phi) is 8.38. The largest absolute Gasteiger partial charge is 0.286 e. The summed E-state index contributed by atoms with van der Waals surface area (Å²) in [6, 6.07) is 0. The molecular weight excluding hydrogens is 595 g/mol. The molecule has 0 aromatic heterocycles. The molecule has 0 radical (unpaired) electrons. The van der Waals surface area contributed by atoms with Gasteiger partial charge in [0.15, 0.2) is 0 Å². The van der Waals surface area contributed by atoms with Gasteiger partial charge in [0.2, 0.25) is 7.42 Å². The molecule has 0 aromatic carbocycles. The summed E-state index contributed by atoms with van der Waals surface area (Å²) in [6.45, 7) is 0. The van der Waals surface area contributed by atoms with Crippen LogP contribution in [-0.4, -0.2) is 56.7 Å². The maximum absolute atomic E-state index is 6.90. The van der Waals surface area contributed by atoms with Crippen LogP contribution in [0.25, 0.3) is 0 Å². The van der Waals surface area contributed by atoms with Gasteiger partial charge in [-0.25, -0.2) is 0 Å². The first kappa shape index (κ1) is 29.6. The quantitative estimate of drug-likeness (QED) is 0.162. The smallest absolute Gasteiger partial charge is 0.240 e. The van der Waals surface area contributed by atoms with Gasteiger partial charge in [-0.3, -0.25) is 42.5 Å². The molecule has 0 amide bonds. The van der Waals surface area contributed by atoms with E-state index in [0.717, 1.165) is 5.92 Å². The van der Waals surface area contributed by atoms with E-state index in [0.29, 0.717) is 90.1 Å². The van der Waals surface area contributed by atoms with Gasteiger partial charge in [-0.15, -0.1) is 0 Å². The van der Waals surface area contributed by atoms with Crippen molar-refractivity contribution in [3.05, 3.63) is 0 Å². The summed E-state index contributed by atoms with van der Waals surface area (Å²) in [4.78, 5) is 0. The summed E-state index contributed by atoms with van der Waals surface area (Å²) in [5, 5.41) is 33.7. The molecule has 242 valence electrons. The molecule has 9 fully saturated rings. The van der Waals surface area contributed by atoms with Crippen molar-refractivity contribution >= 4 is 29.6 Å². The number of fused-ring (bicyclic) bond motifs is 20. The van der Waals surface area contributed by atoms with E-state index in [2.05, 4.69) is 42.5 Å². The molecule has 8 nitrogen and oxygen atoms in total. The van der Waals surface area contributed by atoms with E-state index in [1.165, 1.54) is 96.3 Å². The van der Waals surface area contributed by atoms with Crippen molar-refractivity contribution in [3.63, 3.8) is 0 Å². The summed E-state index contributed by atoms with van der Waals surface area (Å²) in [7, 11) is -1.82. The minimum atomic E-state index is -1.82. The Hall–Kier alpha value is 0.477. The van der Waals surface area contributed by atoms with Crippen LogP contribution in [0.4, 0.5) is 0 Å². The van der Waals surface area contributed by atoms with E-state index in [9.17, 15) is 0 Å². The molecule has 11 heteroatoms. The molecule has 4 aliphatic carbocycles. The molecule has 8 bridgehead atoms. The van der Waals surface area contributed by atoms with Gasteiger partial charge in [0.25, 0.3) is 0 Å². The molecule has 0 spiro atoms. The van der Waals surface area contributed by atoms with Crippen molar-refractivity contribution in [2.45, 2.75) is 151 Å². The summed E-state index contributed by atoms with van der Waals surface area (Å²) >= 11 is 13.8. The molecular formula is C32H56Cl2N8Si.